The number of aromatic nitrogens is 1. The van der Waals surface area contributed by atoms with Crippen LogP contribution in [0.1, 0.15) is 13.8 Å². The van der Waals surface area contributed by atoms with Gasteiger partial charge >= 0.3 is 0 Å². The van der Waals surface area contributed by atoms with E-state index >= 15 is 0 Å². The first-order valence-electron chi connectivity index (χ1n) is 3.77. The lowest BCUT2D eigenvalue weighted by Gasteiger charge is -1.83. The maximum Gasteiger partial charge on any atom is 0.129 e. The van der Waals surface area contributed by atoms with Crippen LogP contribution >= 0.6 is 11.6 Å². The third-order valence-electron chi connectivity index (χ3n) is 0.903. The van der Waals surface area contributed by atoms with Gasteiger partial charge in [0.1, 0.15) is 12.3 Å². The highest BCUT2D eigenvalue weighted by Crippen LogP contribution is 1.98. The fourth-order valence-electron chi connectivity index (χ4n) is 0.524. The number of oxime groups is 1. The standard InChI is InChI=1S/C5H4ClN.C4H9NO/c6-5-3-1-2-4-7-5;1-4(2)5-6-3/h1-4H;1-3H3. The predicted octanol–water partition coefficient (Wildman–Crippen LogP) is 2.76. The smallest absolute Gasteiger partial charge is 0.129 e. The zero-order chi connectivity index (χ0) is 10.1. The number of hydrogen-bond donors (Lipinski definition) is 0. The van der Waals surface area contributed by atoms with E-state index in [1.165, 1.54) is 7.11 Å². The molecule has 1 heterocycles. The summed E-state index contributed by atoms with van der Waals surface area (Å²) in [5, 5.41) is 4.09. The third kappa shape index (κ3) is 8.82. The average Bonchev–Trinajstić information content (AvgIpc) is 2.06. The molecule has 1 rings (SSSR count). The Morgan fingerprint density at radius 3 is 2.31 bits per heavy atom. The maximum atomic E-state index is 5.43. The summed E-state index contributed by atoms with van der Waals surface area (Å²) in [4.78, 5) is 8.14. The molecular formula is C9H13ClN2O. The van der Waals surface area contributed by atoms with Crippen molar-refractivity contribution in [3.8, 4) is 0 Å². The van der Waals surface area contributed by atoms with Gasteiger partial charge in [-0.05, 0) is 26.0 Å². The highest BCUT2D eigenvalue weighted by atomic mass is 35.5. The van der Waals surface area contributed by atoms with Crippen LogP contribution in [0.5, 0.6) is 0 Å². The van der Waals surface area contributed by atoms with E-state index in [0.29, 0.717) is 5.15 Å². The highest BCUT2D eigenvalue weighted by molar-refractivity contribution is 6.29. The zero-order valence-electron chi connectivity index (χ0n) is 7.99. The monoisotopic (exact) mass is 200 g/mol. The Morgan fingerprint density at radius 1 is 1.46 bits per heavy atom. The summed E-state index contributed by atoms with van der Waals surface area (Å²) >= 11 is 5.43. The Kier molecular flexibility index (Phi) is 6.92. The first-order valence-corrected chi connectivity index (χ1v) is 4.15. The van der Waals surface area contributed by atoms with Crippen LogP contribution in [0, 0.1) is 0 Å². The van der Waals surface area contributed by atoms with E-state index in [2.05, 4.69) is 15.0 Å². The van der Waals surface area contributed by atoms with Gasteiger partial charge in [-0.25, -0.2) is 4.98 Å². The van der Waals surface area contributed by atoms with Gasteiger partial charge in [0, 0.05) is 6.20 Å². The summed E-state index contributed by atoms with van der Waals surface area (Å²) in [6.45, 7) is 3.76. The topological polar surface area (TPSA) is 34.5 Å². The van der Waals surface area contributed by atoms with Crippen LogP contribution in [0.3, 0.4) is 0 Å². The molecule has 1 aromatic rings. The molecule has 0 spiro atoms. The third-order valence-corrected chi connectivity index (χ3v) is 1.13. The first-order chi connectivity index (χ1) is 6.16. The van der Waals surface area contributed by atoms with Gasteiger partial charge in [-0.3, -0.25) is 0 Å². The summed E-state index contributed by atoms with van der Waals surface area (Å²) in [5.74, 6) is 0. The van der Waals surface area contributed by atoms with Crippen LogP contribution in [-0.2, 0) is 4.84 Å². The second-order valence-corrected chi connectivity index (χ2v) is 2.76. The van der Waals surface area contributed by atoms with Gasteiger partial charge in [-0.15, -0.1) is 0 Å². The van der Waals surface area contributed by atoms with Gasteiger partial charge < -0.3 is 4.84 Å². The summed E-state index contributed by atoms with van der Waals surface area (Å²) in [5.41, 5.74) is 0.942. The maximum absolute atomic E-state index is 5.43. The van der Waals surface area contributed by atoms with E-state index in [9.17, 15) is 0 Å². The minimum Gasteiger partial charge on any atom is -0.399 e. The molecule has 0 unspecified atom stereocenters. The van der Waals surface area contributed by atoms with Crippen LogP contribution in [0.2, 0.25) is 5.15 Å². The minimum absolute atomic E-state index is 0.544. The largest absolute Gasteiger partial charge is 0.399 e. The lowest BCUT2D eigenvalue weighted by atomic mass is 10.5. The fraction of sp³-hybridized carbons (Fsp3) is 0.333. The van der Waals surface area contributed by atoms with E-state index in [4.69, 9.17) is 11.6 Å². The van der Waals surface area contributed by atoms with E-state index in [-0.39, 0.29) is 0 Å². The van der Waals surface area contributed by atoms with Crippen molar-refractivity contribution in [2.24, 2.45) is 5.16 Å². The highest BCUT2D eigenvalue weighted by Gasteiger charge is 1.76. The molecule has 0 aromatic carbocycles. The molecule has 0 atom stereocenters. The molecule has 0 amide bonds. The van der Waals surface area contributed by atoms with Crippen molar-refractivity contribution in [3.63, 3.8) is 0 Å². The van der Waals surface area contributed by atoms with Gasteiger partial charge in [-0.2, -0.15) is 0 Å². The van der Waals surface area contributed by atoms with Crippen molar-refractivity contribution >= 4 is 17.3 Å². The number of hydrogen-bond acceptors (Lipinski definition) is 3. The number of halogens is 1. The summed E-state index contributed by atoms with van der Waals surface area (Å²) in [6.07, 6.45) is 1.66. The Balaban J connectivity index is 0.000000226. The molecule has 0 aliphatic carbocycles. The summed E-state index contributed by atoms with van der Waals surface area (Å²) in [7, 11) is 1.53. The van der Waals surface area contributed by atoms with Gasteiger partial charge in [0.05, 0.1) is 5.71 Å². The molecule has 13 heavy (non-hydrogen) atoms. The summed E-state index contributed by atoms with van der Waals surface area (Å²) < 4.78 is 0. The Hall–Kier alpha value is -1.09. The molecule has 1 aromatic heterocycles. The van der Waals surface area contributed by atoms with Crippen molar-refractivity contribution in [1.29, 1.82) is 0 Å². The van der Waals surface area contributed by atoms with Crippen molar-refractivity contribution in [2.75, 3.05) is 7.11 Å². The van der Waals surface area contributed by atoms with Crippen LogP contribution in [0.25, 0.3) is 0 Å². The second kappa shape index (κ2) is 7.55. The molecule has 0 saturated heterocycles. The van der Waals surface area contributed by atoms with E-state index in [0.717, 1.165) is 5.71 Å². The van der Waals surface area contributed by atoms with E-state index in [1.54, 1.807) is 12.3 Å². The number of pyridine rings is 1. The Bertz CT molecular complexity index is 245. The molecule has 72 valence electrons. The van der Waals surface area contributed by atoms with Gasteiger partial charge in [0.15, 0.2) is 0 Å². The zero-order valence-corrected chi connectivity index (χ0v) is 8.75. The normalized spacial score (nSPS) is 8.00. The molecule has 0 bridgehead atoms. The van der Waals surface area contributed by atoms with Gasteiger partial charge in [-0.1, -0.05) is 22.8 Å². The molecular weight excluding hydrogens is 188 g/mol. The van der Waals surface area contributed by atoms with Gasteiger partial charge in [0.2, 0.25) is 0 Å². The quantitative estimate of drug-likeness (QED) is 0.397. The average molecular weight is 201 g/mol. The van der Waals surface area contributed by atoms with E-state index < -0.39 is 0 Å². The molecule has 0 radical (unpaired) electrons. The molecule has 4 heteroatoms. The molecule has 0 aliphatic heterocycles. The van der Waals surface area contributed by atoms with Crippen molar-refractivity contribution in [2.45, 2.75) is 13.8 Å². The fourth-order valence-corrected chi connectivity index (χ4v) is 0.654. The molecule has 3 nitrogen and oxygen atoms in total. The Morgan fingerprint density at radius 2 is 2.15 bits per heavy atom. The number of nitrogens with zero attached hydrogens (tertiary/aromatic N) is 2. The molecule has 0 aliphatic rings. The van der Waals surface area contributed by atoms with Crippen molar-refractivity contribution in [1.82, 2.24) is 4.98 Å². The Labute approximate surface area is 83.4 Å². The predicted molar refractivity (Wildman–Crippen MR) is 55.0 cm³/mol. The van der Waals surface area contributed by atoms with E-state index in [1.807, 2.05) is 26.0 Å². The lowest BCUT2D eigenvalue weighted by Crippen LogP contribution is -1.79. The molecule has 0 fully saturated rings. The van der Waals surface area contributed by atoms with Crippen LogP contribution in [-0.4, -0.2) is 17.8 Å². The molecule has 0 N–H and O–H groups in total. The lowest BCUT2D eigenvalue weighted by molar-refractivity contribution is 0.213. The first kappa shape index (κ1) is 11.9. The SMILES string of the molecule is CON=C(C)C.Clc1ccccn1. The summed E-state index contributed by atoms with van der Waals surface area (Å²) in [6, 6.07) is 5.41. The van der Waals surface area contributed by atoms with Crippen molar-refractivity contribution < 1.29 is 4.84 Å². The van der Waals surface area contributed by atoms with Crippen LogP contribution in [0.4, 0.5) is 0 Å². The second-order valence-electron chi connectivity index (χ2n) is 2.37. The van der Waals surface area contributed by atoms with Crippen LogP contribution < -0.4 is 0 Å². The van der Waals surface area contributed by atoms with Crippen LogP contribution in [0.15, 0.2) is 29.6 Å². The molecule has 0 saturated carbocycles. The van der Waals surface area contributed by atoms with Crippen molar-refractivity contribution in [3.05, 3.63) is 29.5 Å². The van der Waals surface area contributed by atoms with Gasteiger partial charge in [0.25, 0.3) is 0 Å². The minimum atomic E-state index is 0.544. The number of rotatable bonds is 1.